The summed E-state index contributed by atoms with van der Waals surface area (Å²) < 4.78 is 61.3. The third-order valence-electron chi connectivity index (χ3n) is 18.2. The molecule has 0 saturated heterocycles. The molecule has 0 aromatic carbocycles. The molecule has 0 aliphatic rings. The molecule has 0 rings (SSSR count). The van der Waals surface area contributed by atoms with Crippen molar-refractivity contribution in [3.63, 3.8) is 0 Å². The first-order valence-corrected chi connectivity index (χ1v) is 46.8. The van der Waals surface area contributed by atoms with Crippen molar-refractivity contribution < 1.29 is 75.8 Å². The van der Waals surface area contributed by atoms with Crippen LogP contribution in [-0.4, -0.2) is 95.9 Å². The molecular weight excluding hydrogens is 1430 g/mol. The van der Waals surface area contributed by atoms with Crippen LogP contribution in [0.5, 0.6) is 0 Å². The van der Waals surface area contributed by atoms with E-state index in [4.69, 9.17) is 32.3 Å². The number of unbranched alkanes of at least 4 members (excludes halogenated alkanes) is 33. The van der Waals surface area contributed by atoms with Gasteiger partial charge in [-0.05, 0) is 148 Å². The molecule has 0 radical (unpaired) electrons. The zero-order valence-electron chi connectivity index (χ0n) is 69.8. The number of carbonyl (C=O) groups excluding carboxylic acids is 3. The molecule has 0 saturated carbocycles. The number of allylic oxidation sites excluding steroid dienone is 26. The molecule has 4 N–H and O–H groups in total. The van der Waals surface area contributed by atoms with Crippen molar-refractivity contribution in [2.24, 2.45) is 0 Å². The molecule has 0 fully saturated rings. The van der Waals surface area contributed by atoms with E-state index in [0.717, 1.165) is 180 Å². The van der Waals surface area contributed by atoms with Gasteiger partial charge in [-0.3, -0.25) is 32.5 Å². The lowest BCUT2D eigenvalue weighted by atomic mass is 10.0. The highest BCUT2D eigenvalue weighted by atomic mass is 31.2. The molecule has 0 aromatic rings. The summed E-state index contributed by atoms with van der Waals surface area (Å²) in [7, 11) is -9.81. The maximum absolute atomic E-state index is 13.0. The van der Waals surface area contributed by atoms with Crippen molar-refractivity contribution in [3.8, 4) is 0 Å². The summed E-state index contributed by atoms with van der Waals surface area (Å²) in [6.07, 6.45) is 107. The van der Waals surface area contributed by atoms with Gasteiger partial charge < -0.3 is 34.2 Å². The molecule has 0 amide bonds. The van der Waals surface area contributed by atoms with Gasteiger partial charge in [-0.1, -0.05) is 346 Å². The molecule has 5 unspecified atom stereocenters. The Hall–Kier alpha value is -4.83. The summed E-state index contributed by atoms with van der Waals surface area (Å²) in [5.74, 6) is -1.59. The van der Waals surface area contributed by atoms with Gasteiger partial charge in [0.15, 0.2) is 6.10 Å². The largest absolute Gasteiger partial charge is 0.472 e. The Morgan fingerprint density at radius 1 is 0.261 bits per heavy atom. The summed E-state index contributed by atoms with van der Waals surface area (Å²) >= 11 is 0. The number of esters is 3. The van der Waals surface area contributed by atoms with E-state index in [1.807, 2.05) is 0 Å². The van der Waals surface area contributed by atoms with Crippen molar-refractivity contribution in [3.05, 3.63) is 158 Å². The van der Waals surface area contributed by atoms with Crippen LogP contribution in [0, 0.1) is 0 Å². The SMILES string of the molecule is CC/C=C\C/C=C\C/C=C\C/C=C\C/C=C\C/C=C\CCCCCCCCCCCCCCCCC(=O)OCC(O)COP(=O)(O)OCC(O)COP(=O)(O)OCC(COC(=O)CCCCCCCCCCC/C=C\C/C=C\C/C=C\C/C=C\CCCCC)OC(=O)CCCCCCCCC/C=C\C/C=C\C/C=C\CC. The first kappa shape index (κ1) is 106. The quantitative estimate of drug-likeness (QED) is 0.0146. The predicted octanol–water partition coefficient (Wildman–Crippen LogP) is 26.5. The normalized spacial score (nSPS) is 14.6. The number of hydrogen-bond donors (Lipinski definition) is 4. The van der Waals surface area contributed by atoms with Crippen molar-refractivity contribution in [1.29, 1.82) is 0 Å². The van der Waals surface area contributed by atoms with Gasteiger partial charge in [0.05, 0.1) is 26.4 Å². The standard InChI is InChI=1S/C93H158O16P2/c1-4-7-10-13-16-19-22-25-28-31-33-35-37-39-40-41-42-43-44-45-46-48-50-51-53-56-58-61-64-67-70-73-76-79-91(96)103-82-88(94)83-105-110(99,100)106-84-89(95)85-107-111(101,102)108-87-90(109-93(98)81-78-75-72-69-66-63-60-55-30-27-24-21-18-15-12-9-6-3)86-104-92(97)80-77-74-71-68-65-62-59-57-54-52-49-47-38-36-34-32-29-26-23-20-17-14-11-8-5-2/h7,9-10,12,16-21,25-30,33-36,39-40,42-43,47,49,88-90,94-95H,4-6,8,11,13-15,22-24,31-32,37-38,41,44-46,48,50-87H2,1-3H3,(H,99,100)(H,101,102)/b10-7-,12-9-,19-16-,20-17-,21-18-,28-25-,29-26-,30-27-,35-33-,36-34-,40-39-,43-42-,49-47-. The van der Waals surface area contributed by atoms with Gasteiger partial charge >= 0.3 is 33.6 Å². The highest BCUT2D eigenvalue weighted by Crippen LogP contribution is 2.45. The zero-order valence-corrected chi connectivity index (χ0v) is 71.6. The van der Waals surface area contributed by atoms with Gasteiger partial charge in [-0.2, -0.15) is 0 Å². The Bertz CT molecular complexity index is 2650. The Balaban J connectivity index is 4.52. The Labute approximate surface area is 676 Å². The molecule has 0 spiro atoms. The van der Waals surface area contributed by atoms with Crippen LogP contribution in [0.15, 0.2) is 158 Å². The van der Waals surface area contributed by atoms with Gasteiger partial charge in [-0.25, -0.2) is 9.13 Å². The van der Waals surface area contributed by atoms with E-state index >= 15 is 0 Å². The number of hydrogen-bond acceptors (Lipinski definition) is 14. The second kappa shape index (κ2) is 84.6. The van der Waals surface area contributed by atoms with Crippen LogP contribution in [0.3, 0.4) is 0 Å². The summed E-state index contributed by atoms with van der Waals surface area (Å²) in [6, 6.07) is 0. The maximum atomic E-state index is 13.0. The highest BCUT2D eigenvalue weighted by molar-refractivity contribution is 7.47. The summed E-state index contributed by atoms with van der Waals surface area (Å²) in [5.41, 5.74) is 0. The van der Waals surface area contributed by atoms with E-state index in [1.165, 1.54) is 116 Å². The smallest absolute Gasteiger partial charge is 0.463 e. The molecule has 18 heteroatoms. The molecule has 0 aliphatic carbocycles. The zero-order chi connectivity index (χ0) is 80.8. The van der Waals surface area contributed by atoms with Gasteiger partial charge in [0.25, 0.3) is 0 Å². The van der Waals surface area contributed by atoms with Crippen LogP contribution in [-0.2, 0) is 55.8 Å². The molecule has 0 bridgehead atoms. The predicted molar refractivity (Wildman–Crippen MR) is 463 cm³/mol. The lowest BCUT2D eigenvalue weighted by Crippen LogP contribution is -2.30. The topological polar surface area (TPSA) is 231 Å². The number of carbonyl (C=O) groups is 3. The van der Waals surface area contributed by atoms with Crippen molar-refractivity contribution in [2.45, 2.75) is 373 Å². The van der Waals surface area contributed by atoms with Crippen LogP contribution < -0.4 is 0 Å². The molecule has 0 aliphatic heterocycles. The van der Waals surface area contributed by atoms with Crippen molar-refractivity contribution in [2.75, 3.05) is 39.6 Å². The minimum Gasteiger partial charge on any atom is -0.463 e. The molecule has 111 heavy (non-hydrogen) atoms. The average molecular weight is 1590 g/mol. The fourth-order valence-corrected chi connectivity index (χ4v) is 13.2. The second-order valence-corrected chi connectivity index (χ2v) is 31.8. The minimum absolute atomic E-state index is 0.0889. The molecule has 16 nitrogen and oxygen atoms in total. The average Bonchev–Trinajstić information content (AvgIpc) is 0.901. The monoisotopic (exact) mass is 1590 g/mol. The maximum Gasteiger partial charge on any atom is 0.472 e. The lowest BCUT2D eigenvalue weighted by molar-refractivity contribution is -0.161. The number of aliphatic hydroxyl groups excluding tert-OH is 2. The van der Waals surface area contributed by atoms with Crippen LogP contribution in [0.4, 0.5) is 0 Å². The fraction of sp³-hybridized carbons (Fsp3) is 0.688. The number of phosphoric acid groups is 2. The van der Waals surface area contributed by atoms with E-state index in [9.17, 15) is 43.5 Å². The Morgan fingerprint density at radius 2 is 0.477 bits per heavy atom. The first-order valence-electron chi connectivity index (χ1n) is 43.8. The van der Waals surface area contributed by atoms with E-state index in [2.05, 4.69) is 179 Å². The van der Waals surface area contributed by atoms with E-state index in [1.54, 1.807) is 0 Å². The van der Waals surface area contributed by atoms with Crippen LogP contribution >= 0.6 is 15.6 Å². The molecule has 0 heterocycles. The minimum atomic E-state index is -4.94. The Morgan fingerprint density at radius 3 is 0.757 bits per heavy atom. The second-order valence-electron chi connectivity index (χ2n) is 28.9. The van der Waals surface area contributed by atoms with E-state index in [-0.39, 0.29) is 19.3 Å². The lowest BCUT2D eigenvalue weighted by Gasteiger charge is -2.21. The highest BCUT2D eigenvalue weighted by Gasteiger charge is 2.29. The number of phosphoric ester groups is 2. The molecule has 5 atom stereocenters. The summed E-state index contributed by atoms with van der Waals surface area (Å²) in [5, 5.41) is 20.7. The third kappa shape index (κ3) is 85.9. The van der Waals surface area contributed by atoms with Crippen LogP contribution in [0.1, 0.15) is 355 Å². The number of aliphatic hydroxyl groups is 2. The first-order chi connectivity index (χ1) is 54.2. The van der Waals surface area contributed by atoms with E-state index < -0.39 is 91.5 Å². The van der Waals surface area contributed by atoms with Crippen molar-refractivity contribution in [1.82, 2.24) is 0 Å². The van der Waals surface area contributed by atoms with Gasteiger partial charge in [-0.15, -0.1) is 0 Å². The third-order valence-corrected chi connectivity index (χ3v) is 20.1. The number of ether oxygens (including phenoxy) is 3. The van der Waals surface area contributed by atoms with Gasteiger partial charge in [0.2, 0.25) is 0 Å². The fourth-order valence-electron chi connectivity index (χ4n) is 11.6. The molecule has 0 aromatic heterocycles. The van der Waals surface area contributed by atoms with Crippen LogP contribution in [0.2, 0.25) is 0 Å². The van der Waals surface area contributed by atoms with Crippen molar-refractivity contribution >= 4 is 33.6 Å². The van der Waals surface area contributed by atoms with Gasteiger partial charge in [0, 0.05) is 19.3 Å². The molecular formula is C93H158O16P2. The van der Waals surface area contributed by atoms with Gasteiger partial charge in [0.1, 0.15) is 25.4 Å². The Kier molecular flexibility index (Phi) is 80.9. The summed E-state index contributed by atoms with van der Waals surface area (Å²) in [6.45, 7) is 2.44. The summed E-state index contributed by atoms with van der Waals surface area (Å²) in [4.78, 5) is 58.9. The number of rotatable bonds is 82. The molecule has 636 valence electrons. The van der Waals surface area contributed by atoms with Crippen LogP contribution in [0.25, 0.3) is 0 Å². The van der Waals surface area contributed by atoms with E-state index in [0.29, 0.717) is 19.3 Å².